The Kier molecular flexibility index (Phi) is 4.62. The van der Waals surface area contributed by atoms with E-state index in [4.69, 9.17) is 5.26 Å². The van der Waals surface area contributed by atoms with E-state index >= 15 is 0 Å². The molecule has 1 saturated heterocycles. The van der Waals surface area contributed by atoms with Gasteiger partial charge in [0, 0.05) is 30.1 Å². The minimum Gasteiger partial charge on any atom is -0.337 e. The predicted molar refractivity (Wildman–Crippen MR) is 107 cm³/mol. The minimum absolute atomic E-state index is 0.00872. The molecule has 0 bridgehead atoms. The molecular formula is C23H20N5O+. The first kappa shape index (κ1) is 18.5. The Labute approximate surface area is 169 Å². The summed E-state index contributed by atoms with van der Waals surface area (Å²) in [5, 5.41) is 21.5. The molecule has 1 aliphatic rings. The standard InChI is InChI=1S/C23H19N5O/c1-15-3-6-18(9-21(15)22-19(11-25)12-27(2)26-22)23(29)28-13-20(14-28)17-7-4-16(10-24)5-8-17/h3-9,12,20H,13-14H2,1-2H3/p+1. The molecule has 29 heavy (non-hydrogen) atoms. The van der Waals surface area contributed by atoms with Gasteiger partial charge in [-0.2, -0.15) is 15.6 Å². The van der Waals surface area contributed by atoms with Crippen molar-refractivity contribution in [1.82, 2.24) is 10.00 Å². The Balaban J connectivity index is 1.53. The highest BCUT2D eigenvalue weighted by Crippen LogP contribution is 2.30. The summed E-state index contributed by atoms with van der Waals surface area (Å²) < 4.78 is 1.74. The Morgan fingerprint density at radius 1 is 1.14 bits per heavy atom. The molecule has 6 nitrogen and oxygen atoms in total. The van der Waals surface area contributed by atoms with Gasteiger partial charge in [-0.1, -0.05) is 18.2 Å². The summed E-state index contributed by atoms with van der Waals surface area (Å²) >= 11 is 0. The number of nitriles is 2. The zero-order valence-corrected chi connectivity index (χ0v) is 16.3. The normalized spacial score (nSPS) is 13.4. The summed E-state index contributed by atoms with van der Waals surface area (Å²) in [6.07, 6.45) is 1.74. The maximum atomic E-state index is 13.0. The highest BCUT2D eigenvalue weighted by atomic mass is 16.2. The van der Waals surface area contributed by atoms with Gasteiger partial charge in [0.2, 0.25) is 6.20 Å². The Morgan fingerprint density at radius 2 is 1.86 bits per heavy atom. The Hall–Kier alpha value is -3.90. The number of likely N-dealkylation sites (tertiary alicyclic amines) is 1. The lowest BCUT2D eigenvalue weighted by molar-refractivity contribution is -0.726. The molecule has 3 aromatic rings. The maximum absolute atomic E-state index is 13.0. The van der Waals surface area contributed by atoms with Crippen molar-refractivity contribution in [3.8, 4) is 23.4 Å². The van der Waals surface area contributed by atoms with E-state index in [0.29, 0.717) is 35.7 Å². The summed E-state index contributed by atoms with van der Waals surface area (Å²) in [5.74, 6) is 0.287. The number of nitrogens with one attached hydrogen (secondary N) is 1. The van der Waals surface area contributed by atoms with Crippen LogP contribution in [-0.4, -0.2) is 29.0 Å². The van der Waals surface area contributed by atoms with Gasteiger partial charge in [0.25, 0.3) is 5.91 Å². The van der Waals surface area contributed by atoms with E-state index in [1.165, 1.54) is 0 Å². The lowest BCUT2D eigenvalue weighted by Gasteiger charge is -2.39. The van der Waals surface area contributed by atoms with Gasteiger partial charge >= 0.3 is 0 Å². The Morgan fingerprint density at radius 3 is 2.52 bits per heavy atom. The molecule has 0 atom stereocenters. The first-order chi connectivity index (χ1) is 14.0. The minimum atomic E-state index is -0.00872. The van der Waals surface area contributed by atoms with Crippen LogP contribution in [0, 0.1) is 29.6 Å². The fourth-order valence-corrected chi connectivity index (χ4v) is 3.71. The average molecular weight is 382 g/mol. The maximum Gasteiger partial charge on any atom is 0.253 e. The van der Waals surface area contributed by atoms with Gasteiger partial charge < -0.3 is 4.90 Å². The first-order valence-corrected chi connectivity index (χ1v) is 9.39. The number of hydrogen-bond acceptors (Lipinski definition) is 3. The summed E-state index contributed by atoms with van der Waals surface area (Å²) in [4.78, 5) is 14.8. The van der Waals surface area contributed by atoms with Crippen molar-refractivity contribution < 1.29 is 9.48 Å². The highest BCUT2D eigenvalue weighted by Gasteiger charge is 2.32. The van der Waals surface area contributed by atoms with Crippen molar-refractivity contribution in [2.24, 2.45) is 7.05 Å². The molecule has 1 N–H and O–H groups in total. The number of H-pyrrole nitrogens is 1. The number of aromatic amines is 1. The van der Waals surface area contributed by atoms with Crippen LogP contribution in [0.25, 0.3) is 11.3 Å². The van der Waals surface area contributed by atoms with E-state index in [2.05, 4.69) is 17.2 Å². The SMILES string of the molecule is Cc1ccc(C(=O)N2CC(c3ccc(C#N)cc3)C2)cc1-c1[nH][n+](C)cc1C#N. The monoisotopic (exact) mass is 382 g/mol. The van der Waals surface area contributed by atoms with Crippen molar-refractivity contribution in [3.63, 3.8) is 0 Å². The fourth-order valence-electron chi connectivity index (χ4n) is 3.71. The first-order valence-electron chi connectivity index (χ1n) is 9.39. The van der Waals surface area contributed by atoms with Gasteiger partial charge in [0.05, 0.1) is 11.6 Å². The van der Waals surface area contributed by atoms with E-state index in [0.717, 1.165) is 22.4 Å². The molecule has 2 heterocycles. The zero-order valence-electron chi connectivity index (χ0n) is 16.3. The molecule has 0 radical (unpaired) electrons. The molecule has 1 aliphatic heterocycles. The predicted octanol–water partition coefficient (Wildman–Crippen LogP) is 2.80. The fraction of sp³-hybridized carbons (Fsp3) is 0.217. The molecule has 142 valence electrons. The van der Waals surface area contributed by atoms with Gasteiger partial charge in [-0.25, -0.2) is 0 Å². The molecule has 1 amide bonds. The molecule has 0 unspecified atom stereocenters. The molecule has 4 rings (SSSR count). The zero-order chi connectivity index (χ0) is 20.5. The molecular weight excluding hydrogens is 362 g/mol. The Bertz CT molecular complexity index is 1170. The van der Waals surface area contributed by atoms with E-state index in [1.807, 2.05) is 61.3 Å². The quantitative estimate of drug-likeness (QED) is 0.707. The second-order valence-corrected chi connectivity index (χ2v) is 7.42. The second-order valence-electron chi connectivity index (χ2n) is 7.42. The van der Waals surface area contributed by atoms with Crippen molar-refractivity contribution in [3.05, 3.63) is 76.5 Å². The number of nitrogens with zero attached hydrogens (tertiary/aromatic N) is 4. The van der Waals surface area contributed by atoms with Crippen LogP contribution < -0.4 is 4.68 Å². The van der Waals surface area contributed by atoms with Crippen molar-refractivity contribution in [1.29, 1.82) is 10.5 Å². The lowest BCUT2D eigenvalue weighted by atomic mass is 9.90. The number of carbonyl (C=O) groups excluding carboxylic acids is 1. The molecule has 0 saturated carbocycles. The van der Waals surface area contributed by atoms with Crippen LogP contribution in [0.1, 0.15) is 38.5 Å². The highest BCUT2D eigenvalue weighted by molar-refractivity contribution is 5.96. The van der Waals surface area contributed by atoms with Crippen LogP contribution in [0.3, 0.4) is 0 Å². The molecule has 2 aromatic carbocycles. The van der Waals surface area contributed by atoms with E-state index in [-0.39, 0.29) is 5.91 Å². The van der Waals surface area contributed by atoms with Gasteiger partial charge in [-0.3, -0.25) is 4.79 Å². The van der Waals surface area contributed by atoms with E-state index in [9.17, 15) is 10.1 Å². The number of aryl methyl sites for hydroxylation is 2. The largest absolute Gasteiger partial charge is 0.337 e. The third kappa shape index (κ3) is 3.37. The van der Waals surface area contributed by atoms with Crippen LogP contribution in [0.4, 0.5) is 0 Å². The number of aromatic nitrogens is 2. The van der Waals surface area contributed by atoms with Gasteiger partial charge in [0.1, 0.15) is 17.3 Å². The van der Waals surface area contributed by atoms with E-state index in [1.54, 1.807) is 10.9 Å². The van der Waals surface area contributed by atoms with Gasteiger partial charge in [-0.05, 0) is 42.3 Å². The number of hydrogen-bond donors (Lipinski definition) is 1. The lowest BCUT2D eigenvalue weighted by Crippen LogP contribution is -2.48. The molecule has 0 aliphatic carbocycles. The number of rotatable bonds is 3. The van der Waals surface area contributed by atoms with Crippen LogP contribution >= 0.6 is 0 Å². The topological polar surface area (TPSA) is 87.6 Å². The summed E-state index contributed by atoms with van der Waals surface area (Å²) in [6, 6.07) is 17.5. The molecule has 0 spiro atoms. The van der Waals surface area contributed by atoms with Crippen LogP contribution in [-0.2, 0) is 7.05 Å². The number of amides is 1. The van der Waals surface area contributed by atoms with Crippen molar-refractivity contribution in [2.45, 2.75) is 12.8 Å². The van der Waals surface area contributed by atoms with Crippen LogP contribution in [0.5, 0.6) is 0 Å². The van der Waals surface area contributed by atoms with Crippen LogP contribution in [0.2, 0.25) is 0 Å². The summed E-state index contributed by atoms with van der Waals surface area (Å²) in [6.45, 7) is 3.29. The molecule has 1 aromatic heterocycles. The molecule has 1 fully saturated rings. The average Bonchev–Trinajstić information content (AvgIpc) is 3.08. The summed E-state index contributed by atoms with van der Waals surface area (Å²) in [7, 11) is 1.83. The number of carbonyl (C=O) groups is 1. The summed E-state index contributed by atoms with van der Waals surface area (Å²) in [5.41, 5.74) is 5.53. The van der Waals surface area contributed by atoms with Crippen molar-refractivity contribution in [2.75, 3.05) is 13.1 Å². The third-order valence-electron chi connectivity index (χ3n) is 5.43. The third-order valence-corrected chi connectivity index (χ3v) is 5.43. The van der Waals surface area contributed by atoms with Crippen LogP contribution in [0.15, 0.2) is 48.7 Å². The number of benzene rings is 2. The van der Waals surface area contributed by atoms with E-state index < -0.39 is 0 Å². The van der Waals surface area contributed by atoms with Gasteiger partial charge in [0.15, 0.2) is 7.05 Å². The van der Waals surface area contributed by atoms with Gasteiger partial charge in [-0.15, -0.1) is 4.68 Å². The molecule has 6 heteroatoms. The van der Waals surface area contributed by atoms with Crippen molar-refractivity contribution >= 4 is 5.91 Å². The smallest absolute Gasteiger partial charge is 0.253 e. The second kappa shape index (κ2) is 7.26.